The first-order valence-electron chi connectivity index (χ1n) is 17.1. The number of benzene rings is 1. The average Bonchev–Trinajstić information content (AvgIpc) is 3.87. The smallest absolute Gasteiger partial charge is 0.374 e. The summed E-state index contributed by atoms with van der Waals surface area (Å²) in [6.45, 7) is 0.876. The van der Waals surface area contributed by atoms with Crippen LogP contribution < -0.4 is 11.1 Å². The number of carbonyl (C=O) groups is 3. The van der Waals surface area contributed by atoms with Crippen molar-refractivity contribution in [3.63, 3.8) is 0 Å². The van der Waals surface area contributed by atoms with Crippen LogP contribution in [0.3, 0.4) is 0 Å². The lowest BCUT2D eigenvalue weighted by Crippen LogP contribution is -2.50. The zero-order valence-corrected chi connectivity index (χ0v) is 26.8. The Morgan fingerprint density at radius 2 is 1.83 bits per heavy atom. The minimum atomic E-state index is -0.578. The molecule has 3 heterocycles. The number of likely N-dealkylation sites (tertiary alicyclic amines) is 1. The van der Waals surface area contributed by atoms with Crippen LogP contribution in [0, 0.1) is 23.7 Å². The van der Waals surface area contributed by atoms with Crippen molar-refractivity contribution in [1.29, 1.82) is 0 Å². The number of nitrogens with zero attached hydrogens (tertiary/aromatic N) is 1. The average molecular weight is 642 g/mol. The van der Waals surface area contributed by atoms with E-state index in [0.717, 1.165) is 57.8 Å². The number of halogens is 1. The zero-order chi connectivity index (χ0) is 32.2. The Morgan fingerprint density at radius 3 is 2.52 bits per heavy atom. The first-order valence-corrected chi connectivity index (χ1v) is 17.1. The molecule has 252 valence electrons. The molecule has 2 aliphatic heterocycles. The van der Waals surface area contributed by atoms with E-state index in [1.165, 1.54) is 0 Å². The summed E-state index contributed by atoms with van der Waals surface area (Å²) in [6.07, 6.45) is 9.41. The summed E-state index contributed by atoms with van der Waals surface area (Å²) in [5.74, 6) is -0.325. The molecule has 0 bridgehead atoms. The van der Waals surface area contributed by atoms with Crippen molar-refractivity contribution in [3.8, 4) is 0 Å². The van der Waals surface area contributed by atoms with E-state index in [-0.39, 0.29) is 54.1 Å². The highest BCUT2D eigenvalue weighted by Crippen LogP contribution is 2.42. The summed E-state index contributed by atoms with van der Waals surface area (Å²) in [6, 6.07) is 5.82. The highest BCUT2D eigenvalue weighted by molar-refractivity contribution is 6.00. The summed E-state index contributed by atoms with van der Waals surface area (Å²) in [5.41, 5.74) is 7.05. The van der Waals surface area contributed by atoms with E-state index in [1.54, 1.807) is 31.4 Å². The number of esters is 1. The number of alkyl halides is 1. The topological polar surface area (TPSA) is 133 Å². The fourth-order valence-corrected chi connectivity index (χ4v) is 8.25. The van der Waals surface area contributed by atoms with Gasteiger partial charge < -0.3 is 34.6 Å². The van der Waals surface area contributed by atoms with Crippen molar-refractivity contribution in [3.05, 3.63) is 30.0 Å². The van der Waals surface area contributed by atoms with Crippen LogP contribution in [-0.2, 0) is 23.8 Å². The normalized spacial score (nSPS) is 30.8. The lowest BCUT2D eigenvalue weighted by Gasteiger charge is -2.37. The lowest BCUT2D eigenvalue weighted by molar-refractivity contribution is -0.142. The number of amides is 2. The van der Waals surface area contributed by atoms with Crippen LogP contribution in [0.1, 0.15) is 81.2 Å². The Hall–Kier alpha value is -3.02. The van der Waals surface area contributed by atoms with Crippen molar-refractivity contribution >= 4 is 34.4 Å². The number of anilines is 1. The van der Waals surface area contributed by atoms with E-state index in [0.29, 0.717) is 48.6 Å². The number of hydrogen-bond acceptors (Lipinski definition) is 8. The van der Waals surface area contributed by atoms with Crippen molar-refractivity contribution in [2.45, 2.75) is 94.9 Å². The second-order valence-corrected chi connectivity index (χ2v) is 13.7. The largest absolute Gasteiger partial charge is 0.457 e. The molecule has 4 aliphatic rings. The van der Waals surface area contributed by atoms with E-state index in [2.05, 4.69) is 5.32 Å². The molecule has 2 saturated carbocycles. The molecule has 2 aromatic rings. The molecule has 10 nitrogen and oxygen atoms in total. The van der Waals surface area contributed by atoms with Crippen molar-refractivity contribution in [1.82, 2.24) is 4.90 Å². The zero-order valence-electron chi connectivity index (χ0n) is 26.8. The second kappa shape index (κ2) is 14.8. The van der Waals surface area contributed by atoms with Gasteiger partial charge in [0.05, 0.1) is 12.2 Å². The van der Waals surface area contributed by atoms with Gasteiger partial charge in [-0.25, -0.2) is 9.18 Å². The van der Waals surface area contributed by atoms with Crippen LogP contribution in [0.25, 0.3) is 11.0 Å². The van der Waals surface area contributed by atoms with E-state index in [9.17, 15) is 18.8 Å². The Bertz CT molecular complexity index is 1360. The number of ether oxygens (including phenoxy) is 3. The first kappa shape index (κ1) is 32.9. The molecular weight excluding hydrogens is 593 g/mol. The number of rotatable bonds is 10. The predicted molar refractivity (Wildman–Crippen MR) is 170 cm³/mol. The Labute approximate surface area is 269 Å². The van der Waals surface area contributed by atoms with Gasteiger partial charge >= 0.3 is 5.97 Å². The maximum Gasteiger partial charge on any atom is 0.374 e. The minimum Gasteiger partial charge on any atom is -0.457 e. The molecule has 0 spiro atoms. The fraction of sp³-hybridized carbons (Fsp3) is 0.686. The molecule has 1 aromatic carbocycles. The predicted octanol–water partition coefficient (Wildman–Crippen LogP) is 5.23. The van der Waals surface area contributed by atoms with Gasteiger partial charge in [0.2, 0.25) is 17.6 Å². The van der Waals surface area contributed by atoms with E-state index in [4.69, 9.17) is 24.4 Å². The minimum absolute atomic E-state index is 0.0249. The van der Waals surface area contributed by atoms with Crippen molar-refractivity contribution < 1.29 is 37.4 Å². The van der Waals surface area contributed by atoms with Gasteiger partial charge in [-0.15, -0.1) is 0 Å². The molecule has 2 saturated heterocycles. The SMILES string of the molecule is COC1CCC([C@@H]2CCN(C(=O)C3CCC([C@H](N)CF)CC3)[C@@H]2C(=O)Nc2ccc3oc(C(=O)OCC4CCCO4)cc3c2)CC1. The molecular formula is C35H48FN3O7. The summed E-state index contributed by atoms with van der Waals surface area (Å²) in [5, 5.41) is 3.76. The lowest BCUT2D eigenvalue weighted by atomic mass is 9.75. The Kier molecular flexibility index (Phi) is 10.6. The molecule has 0 radical (unpaired) electrons. The van der Waals surface area contributed by atoms with Gasteiger partial charge in [0, 0.05) is 43.3 Å². The molecule has 3 N–H and O–H groups in total. The molecule has 11 heteroatoms. The molecule has 1 aromatic heterocycles. The van der Waals surface area contributed by atoms with Crippen molar-refractivity contribution in [2.75, 3.05) is 38.9 Å². The third-order valence-corrected chi connectivity index (χ3v) is 11.0. The Morgan fingerprint density at radius 1 is 1.04 bits per heavy atom. The first-order chi connectivity index (χ1) is 22.3. The van der Waals surface area contributed by atoms with Crippen LogP contribution in [0.15, 0.2) is 28.7 Å². The Balaban J connectivity index is 1.15. The summed E-state index contributed by atoms with van der Waals surface area (Å²) >= 11 is 0. The number of methoxy groups -OCH3 is 1. The molecule has 2 amide bonds. The van der Waals surface area contributed by atoms with Crippen LogP contribution >= 0.6 is 0 Å². The van der Waals surface area contributed by atoms with Gasteiger partial charge in [-0.1, -0.05) is 0 Å². The summed E-state index contributed by atoms with van der Waals surface area (Å²) in [4.78, 5) is 42.5. The van der Waals surface area contributed by atoms with Crippen LogP contribution in [-0.4, -0.2) is 80.5 Å². The third-order valence-electron chi connectivity index (χ3n) is 11.0. The molecule has 4 fully saturated rings. The molecule has 2 aliphatic carbocycles. The van der Waals surface area contributed by atoms with Crippen molar-refractivity contribution in [2.24, 2.45) is 29.4 Å². The third kappa shape index (κ3) is 7.26. The van der Waals surface area contributed by atoms with Gasteiger partial charge in [-0.05, 0) is 113 Å². The van der Waals surface area contributed by atoms with Crippen LogP contribution in [0.5, 0.6) is 0 Å². The summed E-state index contributed by atoms with van der Waals surface area (Å²) in [7, 11) is 1.75. The van der Waals surface area contributed by atoms with E-state index < -0.39 is 24.7 Å². The maximum absolute atomic E-state index is 14.1. The van der Waals surface area contributed by atoms with Gasteiger partial charge in [-0.3, -0.25) is 9.59 Å². The van der Waals surface area contributed by atoms with Crippen LogP contribution in [0.2, 0.25) is 0 Å². The number of nitrogens with one attached hydrogen (secondary N) is 1. The maximum atomic E-state index is 14.1. The van der Waals surface area contributed by atoms with Gasteiger partial charge in [-0.2, -0.15) is 0 Å². The fourth-order valence-electron chi connectivity index (χ4n) is 8.25. The van der Waals surface area contributed by atoms with Gasteiger partial charge in [0.15, 0.2) is 0 Å². The quantitative estimate of drug-likeness (QED) is 0.337. The second-order valence-electron chi connectivity index (χ2n) is 13.7. The number of fused-ring (bicyclic) bond motifs is 1. The molecule has 4 atom stereocenters. The molecule has 6 rings (SSSR count). The van der Waals surface area contributed by atoms with E-state index >= 15 is 0 Å². The standard InChI is InChI=1S/C35H48FN3O7/c1-43-26-11-8-21(9-12-26)28-14-15-39(34(41)23-6-4-22(5-7-23)29(37)19-36)32(28)33(40)38-25-10-13-30-24(17-25)18-31(46-30)35(42)45-20-27-3-2-16-44-27/h10,13,17-18,21-23,26-29,32H,2-9,11-12,14-16,19-20,37H2,1H3,(H,38,40)/t21?,22?,23?,26?,27?,28-,29+,32-/m0/s1. The number of carbonyl (C=O) groups excluding carboxylic acids is 3. The molecule has 1 unspecified atom stereocenters. The van der Waals surface area contributed by atoms with E-state index in [1.807, 2.05) is 4.90 Å². The van der Waals surface area contributed by atoms with Crippen LogP contribution in [0.4, 0.5) is 10.1 Å². The highest BCUT2D eigenvalue weighted by atomic mass is 19.1. The van der Waals surface area contributed by atoms with Gasteiger partial charge in [0.25, 0.3) is 0 Å². The molecule has 46 heavy (non-hydrogen) atoms. The number of hydrogen-bond donors (Lipinski definition) is 2. The van der Waals surface area contributed by atoms with Gasteiger partial charge in [0.1, 0.15) is 24.9 Å². The summed E-state index contributed by atoms with van der Waals surface area (Å²) < 4.78 is 35.5. The number of furan rings is 1. The number of nitrogens with two attached hydrogens (primary N) is 1. The monoisotopic (exact) mass is 641 g/mol. The highest BCUT2D eigenvalue weighted by Gasteiger charge is 2.47.